The smallest absolute Gasteiger partial charge is 0.415 e. The summed E-state index contributed by atoms with van der Waals surface area (Å²) in [7, 11) is 0. The molecule has 0 saturated carbocycles. The number of rotatable bonds is 10. The van der Waals surface area contributed by atoms with Gasteiger partial charge in [0, 0.05) is 37.2 Å². The first-order valence-corrected chi connectivity index (χ1v) is 10.9. The van der Waals surface area contributed by atoms with Crippen LogP contribution in [0, 0.1) is 10.1 Å². The molecule has 168 valence electrons. The van der Waals surface area contributed by atoms with Gasteiger partial charge in [0.15, 0.2) is 0 Å². The van der Waals surface area contributed by atoms with E-state index in [4.69, 9.17) is 4.74 Å². The number of nitrogens with zero attached hydrogens (tertiary/aromatic N) is 5. The minimum Gasteiger partial charge on any atom is -0.465 e. The minimum absolute atomic E-state index is 0.00874. The highest BCUT2D eigenvalue weighted by Gasteiger charge is 2.42. The SMILES string of the molecule is CCCCCCCCC1CN(CC2(C)Cn3cc([N+](=O)[O-])nc3O2)CCN1C(=O)O. The van der Waals surface area contributed by atoms with Crippen molar-refractivity contribution in [3.05, 3.63) is 16.3 Å². The van der Waals surface area contributed by atoms with Crippen LogP contribution in [0.5, 0.6) is 6.01 Å². The molecule has 3 rings (SSSR count). The van der Waals surface area contributed by atoms with Gasteiger partial charge in [-0.1, -0.05) is 45.4 Å². The number of imidazole rings is 1. The second-order valence-corrected chi connectivity index (χ2v) is 8.74. The van der Waals surface area contributed by atoms with Gasteiger partial charge in [0.25, 0.3) is 0 Å². The molecule has 0 aliphatic carbocycles. The van der Waals surface area contributed by atoms with E-state index in [0.29, 0.717) is 32.7 Å². The van der Waals surface area contributed by atoms with E-state index in [1.165, 1.54) is 31.9 Å². The van der Waals surface area contributed by atoms with Crippen molar-refractivity contribution in [2.75, 3.05) is 26.2 Å². The Hall–Kier alpha value is -2.36. The number of amides is 1. The van der Waals surface area contributed by atoms with Gasteiger partial charge < -0.3 is 24.9 Å². The molecule has 0 radical (unpaired) electrons. The van der Waals surface area contributed by atoms with Gasteiger partial charge in [0.05, 0.1) is 6.54 Å². The molecule has 2 unspecified atom stereocenters. The van der Waals surface area contributed by atoms with Crippen molar-refractivity contribution in [2.24, 2.45) is 0 Å². The lowest BCUT2D eigenvalue weighted by Crippen LogP contribution is -2.58. The van der Waals surface area contributed by atoms with Gasteiger partial charge in [-0.3, -0.25) is 9.47 Å². The first-order chi connectivity index (χ1) is 14.3. The van der Waals surface area contributed by atoms with Crippen LogP contribution in [0.3, 0.4) is 0 Å². The van der Waals surface area contributed by atoms with Crippen LogP contribution < -0.4 is 4.74 Å². The molecule has 0 spiro atoms. The number of aromatic nitrogens is 2. The Morgan fingerprint density at radius 1 is 1.33 bits per heavy atom. The van der Waals surface area contributed by atoms with Gasteiger partial charge in [0.2, 0.25) is 0 Å². The lowest BCUT2D eigenvalue weighted by molar-refractivity contribution is -0.389. The fraction of sp³-hybridized carbons (Fsp3) is 0.800. The van der Waals surface area contributed by atoms with Crippen molar-refractivity contribution in [1.82, 2.24) is 19.4 Å². The van der Waals surface area contributed by atoms with Crippen LogP contribution in [0.1, 0.15) is 58.8 Å². The summed E-state index contributed by atoms with van der Waals surface area (Å²) in [5.74, 6) is -0.207. The monoisotopic (exact) mass is 423 g/mol. The molecular formula is C20H33N5O5. The topological polar surface area (TPSA) is 114 Å². The van der Waals surface area contributed by atoms with Crippen molar-refractivity contribution >= 4 is 11.9 Å². The Morgan fingerprint density at radius 3 is 2.73 bits per heavy atom. The molecule has 1 N–H and O–H groups in total. The Labute approximate surface area is 177 Å². The number of nitro groups is 1. The molecule has 2 aliphatic rings. The summed E-state index contributed by atoms with van der Waals surface area (Å²) in [6.45, 7) is 7.12. The highest BCUT2D eigenvalue weighted by molar-refractivity contribution is 5.65. The zero-order valence-electron chi connectivity index (χ0n) is 18.0. The molecular weight excluding hydrogens is 390 g/mol. The van der Waals surface area contributed by atoms with Crippen LogP contribution in [0.2, 0.25) is 0 Å². The summed E-state index contributed by atoms with van der Waals surface area (Å²) >= 11 is 0. The highest BCUT2D eigenvalue weighted by atomic mass is 16.6. The number of piperazine rings is 1. The number of carbonyl (C=O) groups is 1. The molecule has 30 heavy (non-hydrogen) atoms. The molecule has 2 aliphatic heterocycles. The number of ether oxygens (including phenoxy) is 1. The summed E-state index contributed by atoms with van der Waals surface area (Å²) in [6, 6.07) is 0.266. The van der Waals surface area contributed by atoms with E-state index in [1.54, 1.807) is 9.47 Å². The maximum atomic E-state index is 11.7. The molecule has 10 heteroatoms. The average molecular weight is 424 g/mol. The van der Waals surface area contributed by atoms with Crippen molar-refractivity contribution < 1.29 is 19.6 Å². The highest BCUT2D eigenvalue weighted by Crippen LogP contribution is 2.32. The van der Waals surface area contributed by atoms with E-state index in [9.17, 15) is 20.0 Å². The molecule has 1 aromatic heterocycles. The lowest BCUT2D eigenvalue weighted by Gasteiger charge is -2.42. The third-order valence-corrected chi connectivity index (χ3v) is 6.02. The van der Waals surface area contributed by atoms with Crippen LogP contribution in [0.15, 0.2) is 6.20 Å². The summed E-state index contributed by atoms with van der Waals surface area (Å²) < 4.78 is 7.63. The third-order valence-electron chi connectivity index (χ3n) is 6.02. The van der Waals surface area contributed by atoms with E-state index >= 15 is 0 Å². The maximum Gasteiger partial charge on any atom is 0.415 e. The number of fused-ring (bicyclic) bond motifs is 1. The van der Waals surface area contributed by atoms with Crippen LogP contribution >= 0.6 is 0 Å². The number of carboxylic acid groups (broad SMARTS) is 1. The summed E-state index contributed by atoms with van der Waals surface area (Å²) in [5, 5.41) is 20.5. The molecule has 2 atom stereocenters. The van der Waals surface area contributed by atoms with Crippen LogP contribution in [0.25, 0.3) is 0 Å². The third kappa shape index (κ3) is 5.41. The van der Waals surface area contributed by atoms with E-state index in [2.05, 4.69) is 16.8 Å². The van der Waals surface area contributed by atoms with Gasteiger partial charge in [-0.15, -0.1) is 0 Å². The largest absolute Gasteiger partial charge is 0.465 e. The van der Waals surface area contributed by atoms with E-state index < -0.39 is 16.6 Å². The second kappa shape index (κ2) is 9.63. The number of unbranched alkanes of at least 4 members (excludes halogenated alkanes) is 5. The van der Waals surface area contributed by atoms with Crippen molar-refractivity contribution in [1.29, 1.82) is 0 Å². The molecule has 0 aromatic carbocycles. The van der Waals surface area contributed by atoms with Gasteiger partial charge in [-0.05, 0) is 18.3 Å². The summed E-state index contributed by atoms with van der Waals surface area (Å²) in [5.41, 5.74) is -0.534. The first-order valence-electron chi connectivity index (χ1n) is 10.9. The Morgan fingerprint density at radius 2 is 2.07 bits per heavy atom. The fourth-order valence-corrected chi connectivity index (χ4v) is 4.56. The van der Waals surface area contributed by atoms with Crippen LogP contribution in [0.4, 0.5) is 10.6 Å². The molecule has 1 fully saturated rings. The van der Waals surface area contributed by atoms with E-state index in [-0.39, 0.29) is 17.9 Å². The van der Waals surface area contributed by atoms with Crippen molar-refractivity contribution in [3.63, 3.8) is 0 Å². The van der Waals surface area contributed by atoms with Gasteiger partial charge in [-0.25, -0.2) is 4.79 Å². The number of hydrogen-bond acceptors (Lipinski definition) is 6. The zero-order chi connectivity index (χ0) is 21.7. The molecule has 1 amide bonds. The van der Waals surface area contributed by atoms with E-state index in [0.717, 1.165) is 19.3 Å². The van der Waals surface area contributed by atoms with Crippen molar-refractivity contribution in [2.45, 2.75) is 77.0 Å². The maximum absolute atomic E-state index is 11.7. The fourth-order valence-electron chi connectivity index (χ4n) is 4.56. The molecule has 1 saturated heterocycles. The molecule has 0 bridgehead atoms. The van der Waals surface area contributed by atoms with Gasteiger partial charge >= 0.3 is 17.9 Å². The van der Waals surface area contributed by atoms with Gasteiger partial charge in [0.1, 0.15) is 11.8 Å². The predicted molar refractivity (Wildman–Crippen MR) is 111 cm³/mol. The quantitative estimate of drug-likeness (QED) is 0.349. The molecule has 10 nitrogen and oxygen atoms in total. The number of hydrogen-bond donors (Lipinski definition) is 1. The average Bonchev–Trinajstić information content (AvgIpc) is 3.19. The van der Waals surface area contributed by atoms with E-state index in [1.807, 2.05) is 6.92 Å². The minimum atomic E-state index is -0.846. The Kier molecular flexibility index (Phi) is 7.17. The normalized spacial score (nSPS) is 23.9. The van der Waals surface area contributed by atoms with Crippen LogP contribution in [-0.2, 0) is 6.54 Å². The lowest BCUT2D eigenvalue weighted by atomic mass is 10.0. The summed E-state index contributed by atoms with van der Waals surface area (Å²) in [6.07, 6.45) is 8.56. The molecule has 3 heterocycles. The second-order valence-electron chi connectivity index (χ2n) is 8.74. The van der Waals surface area contributed by atoms with Gasteiger partial charge in [-0.2, -0.15) is 0 Å². The Bertz CT molecular complexity index is 728. The zero-order valence-corrected chi connectivity index (χ0v) is 18.0. The first kappa shape index (κ1) is 22.3. The van der Waals surface area contributed by atoms with Crippen LogP contribution in [-0.4, -0.2) is 73.3 Å². The summed E-state index contributed by atoms with van der Waals surface area (Å²) in [4.78, 5) is 29.8. The molecule has 1 aromatic rings. The Balaban J connectivity index is 1.53. The predicted octanol–water partition coefficient (Wildman–Crippen LogP) is 3.36. The van der Waals surface area contributed by atoms with Crippen molar-refractivity contribution in [3.8, 4) is 6.01 Å². The standard InChI is InChI=1S/C20H33N5O5/c1-3-4-5-6-7-8-9-16-12-22(10-11-24(16)19(26)27)14-20(2)15-23-13-17(25(28)29)21-18(23)30-20/h13,16H,3-12,14-15H2,1-2H3,(H,26,27).